The average Bonchev–Trinajstić information content (AvgIpc) is 2.86. The molecule has 7 heteroatoms. The van der Waals surface area contributed by atoms with Gasteiger partial charge in [0, 0.05) is 10.6 Å². The van der Waals surface area contributed by atoms with Crippen LogP contribution in [-0.2, 0) is 4.79 Å². The van der Waals surface area contributed by atoms with Crippen LogP contribution in [0, 0.1) is 0 Å². The fourth-order valence-electron chi connectivity index (χ4n) is 2.35. The van der Waals surface area contributed by atoms with Crippen LogP contribution in [0.4, 0.5) is 10.5 Å². The number of halogens is 1. The summed E-state index contributed by atoms with van der Waals surface area (Å²) >= 11 is 6.66. The lowest BCUT2D eigenvalue weighted by atomic mass is 10.1. The minimum Gasteiger partial charge on any atom is -0.504 e. The lowest BCUT2D eigenvalue weighted by Gasteiger charge is -2.12. The highest BCUT2D eigenvalue weighted by Gasteiger charge is 2.36. The third kappa shape index (κ3) is 3.50. The second-order valence-corrected chi connectivity index (χ2v) is 6.55. The molecular weight excluding hydrogens is 362 g/mol. The van der Waals surface area contributed by atoms with Gasteiger partial charge in [-0.05, 0) is 55.1 Å². The van der Waals surface area contributed by atoms with E-state index in [1.165, 1.54) is 6.08 Å². The van der Waals surface area contributed by atoms with Crippen molar-refractivity contribution in [1.29, 1.82) is 0 Å². The highest BCUT2D eigenvalue weighted by molar-refractivity contribution is 8.19. The fraction of sp³-hybridized carbons (Fsp3) is 0.111. The molecular formula is C18H14ClNO4S. The Balaban J connectivity index is 1.93. The van der Waals surface area contributed by atoms with Gasteiger partial charge in [-0.2, -0.15) is 0 Å². The van der Waals surface area contributed by atoms with E-state index in [0.717, 1.165) is 16.7 Å². The van der Waals surface area contributed by atoms with E-state index in [-0.39, 0.29) is 10.7 Å². The van der Waals surface area contributed by atoms with E-state index in [1.54, 1.807) is 42.5 Å². The number of benzene rings is 2. The lowest BCUT2D eigenvalue weighted by molar-refractivity contribution is -0.113. The Morgan fingerprint density at radius 2 is 1.92 bits per heavy atom. The Morgan fingerprint density at radius 1 is 1.20 bits per heavy atom. The molecule has 128 valence electrons. The molecule has 2 aromatic carbocycles. The zero-order valence-corrected chi connectivity index (χ0v) is 14.8. The summed E-state index contributed by atoms with van der Waals surface area (Å²) in [5.74, 6) is -0.186. The molecule has 2 amide bonds. The number of nitrogens with zero attached hydrogens (tertiary/aromatic N) is 1. The van der Waals surface area contributed by atoms with Crippen LogP contribution >= 0.6 is 23.4 Å². The SMILES string of the molecule is CCOc1cccc(/C=C2\SC(=O)N(c3ccc(Cl)cc3)C2=O)c1O. The minimum atomic E-state index is -0.446. The summed E-state index contributed by atoms with van der Waals surface area (Å²) < 4.78 is 5.33. The van der Waals surface area contributed by atoms with Crippen molar-refractivity contribution >= 4 is 46.3 Å². The predicted molar refractivity (Wildman–Crippen MR) is 99.2 cm³/mol. The Morgan fingerprint density at radius 3 is 2.60 bits per heavy atom. The molecule has 0 unspecified atom stereocenters. The number of anilines is 1. The van der Waals surface area contributed by atoms with Crippen molar-refractivity contribution in [1.82, 2.24) is 0 Å². The molecule has 0 spiro atoms. The van der Waals surface area contributed by atoms with E-state index in [1.807, 2.05) is 6.92 Å². The van der Waals surface area contributed by atoms with Gasteiger partial charge in [-0.1, -0.05) is 23.7 Å². The average molecular weight is 376 g/mol. The Labute approximate surface area is 153 Å². The summed E-state index contributed by atoms with van der Waals surface area (Å²) in [4.78, 5) is 26.1. The van der Waals surface area contributed by atoms with Crippen molar-refractivity contribution in [2.75, 3.05) is 11.5 Å². The molecule has 25 heavy (non-hydrogen) atoms. The van der Waals surface area contributed by atoms with Crippen molar-refractivity contribution < 1.29 is 19.4 Å². The third-order valence-corrected chi connectivity index (χ3v) is 4.62. The van der Waals surface area contributed by atoms with Crippen LogP contribution in [0.15, 0.2) is 47.4 Å². The molecule has 1 N–H and O–H groups in total. The van der Waals surface area contributed by atoms with Gasteiger partial charge in [0.15, 0.2) is 11.5 Å². The van der Waals surface area contributed by atoms with E-state index < -0.39 is 11.1 Å². The summed E-state index contributed by atoms with van der Waals surface area (Å²) in [5, 5.41) is 10.4. The van der Waals surface area contributed by atoms with Gasteiger partial charge in [0.25, 0.3) is 11.1 Å². The fourth-order valence-corrected chi connectivity index (χ4v) is 3.31. The van der Waals surface area contributed by atoms with Gasteiger partial charge in [0.2, 0.25) is 0 Å². The summed E-state index contributed by atoms with van der Waals surface area (Å²) in [6.45, 7) is 2.22. The number of amides is 2. The predicted octanol–water partition coefficient (Wildman–Crippen LogP) is 4.69. The highest BCUT2D eigenvalue weighted by atomic mass is 35.5. The van der Waals surface area contributed by atoms with Gasteiger partial charge in [-0.15, -0.1) is 0 Å². The first-order valence-electron chi connectivity index (χ1n) is 7.49. The lowest BCUT2D eigenvalue weighted by Crippen LogP contribution is -2.27. The Hall–Kier alpha value is -2.44. The summed E-state index contributed by atoms with van der Waals surface area (Å²) in [5.41, 5.74) is 0.857. The van der Waals surface area contributed by atoms with Crippen molar-refractivity contribution in [2.24, 2.45) is 0 Å². The number of carbonyl (C=O) groups is 2. The van der Waals surface area contributed by atoms with Crippen molar-refractivity contribution in [2.45, 2.75) is 6.92 Å². The van der Waals surface area contributed by atoms with E-state index in [4.69, 9.17) is 16.3 Å². The second-order valence-electron chi connectivity index (χ2n) is 5.12. The number of hydrogen-bond acceptors (Lipinski definition) is 5. The first-order valence-corrected chi connectivity index (χ1v) is 8.69. The van der Waals surface area contributed by atoms with Crippen LogP contribution in [0.3, 0.4) is 0 Å². The van der Waals surface area contributed by atoms with E-state index in [9.17, 15) is 14.7 Å². The van der Waals surface area contributed by atoms with Gasteiger partial charge >= 0.3 is 0 Å². The van der Waals surface area contributed by atoms with Gasteiger partial charge in [-0.25, -0.2) is 4.90 Å². The molecule has 0 bridgehead atoms. The van der Waals surface area contributed by atoms with Crippen LogP contribution in [-0.4, -0.2) is 22.9 Å². The molecule has 5 nitrogen and oxygen atoms in total. The zero-order chi connectivity index (χ0) is 18.0. The van der Waals surface area contributed by atoms with Crippen molar-refractivity contribution in [3.8, 4) is 11.5 Å². The number of carbonyl (C=O) groups excluding carboxylic acids is 2. The summed E-state index contributed by atoms with van der Waals surface area (Å²) in [6, 6.07) is 11.4. The maximum Gasteiger partial charge on any atom is 0.298 e. The normalized spacial score (nSPS) is 15.9. The highest BCUT2D eigenvalue weighted by Crippen LogP contribution is 2.38. The third-order valence-electron chi connectivity index (χ3n) is 3.50. The summed E-state index contributed by atoms with van der Waals surface area (Å²) in [6.07, 6.45) is 1.48. The number of ether oxygens (including phenoxy) is 1. The first kappa shape index (κ1) is 17.4. The zero-order valence-electron chi connectivity index (χ0n) is 13.2. The molecule has 0 aliphatic carbocycles. The minimum absolute atomic E-state index is 0.0670. The van der Waals surface area contributed by atoms with E-state index >= 15 is 0 Å². The van der Waals surface area contributed by atoms with Crippen molar-refractivity contribution in [3.63, 3.8) is 0 Å². The smallest absolute Gasteiger partial charge is 0.298 e. The molecule has 2 aromatic rings. The number of para-hydroxylation sites is 1. The van der Waals surface area contributed by atoms with Gasteiger partial charge in [-0.3, -0.25) is 9.59 Å². The molecule has 0 saturated carbocycles. The van der Waals surface area contributed by atoms with E-state index in [2.05, 4.69) is 0 Å². The molecule has 1 heterocycles. The number of phenols is 1. The number of aromatic hydroxyl groups is 1. The topological polar surface area (TPSA) is 66.8 Å². The van der Waals surface area contributed by atoms with Crippen LogP contribution in [0.1, 0.15) is 12.5 Å². The maximum atomic E-state index is 12.6. The van der Waals surface area contributed by atoms with Crippen LogP contribution < -0.4 is 9.64 Å². The molecule has 3 rings (SSSR count). The monoisotopic (exact) mass is 375 g/mol. The number of phenolic OH excluding ortho intramolecular Hbond substituents is 1. The number of rotatable bonds is 4. The molecule has 1 aliphatic rings. The molecule has 1 fully saturated rings. The standard InChI is InChI=1S/C18H14ClNO4S/c1-2-24-14-5-3-4-11(16(14)21)10-15-17(22)20(18(23)25-15)13-8-6-12(19)7-9-13/h3-10,21H,2H2,1H3/b15-10-. The van der Waals surface area contributed by atoms with Gasteiger partial charge in [0.05, 0.1) is 17.2 Å². The maximum absolute atomic E-state index is 12.6. The van der Waals surface area contributed by atoms with E-state index in [0.29, 0.717) is 28.6 Å². The molecule has 1 saturated heterocycles. The van der Waals surface area contributed by atoms with Gasteiger partial charge in [0.1, 0.15) is 0 Å². The van der Waals surface area contributed by atoms with Crippen LogP contribution in [0.25, 0.3) is 6.08 Å². The van der Waals surface area contributed by atoms with Gasteiger partial charge < -0.3 is 9.84 Å². The summed E-state index contributed by atoms with van der Waals surface area (Å²) in [7, 11) is 0. The molecule has 0 atom stereocenters. The van der Waals surface area contributed by atoms with Crippen LogP contribution in [0.5, 0.6) is 11.5 Å². The van der Waals surface area contributed by atoms with Crippen molar-refractivity contribution in [3.05, 3.63) is 58.0 Å². The Bertz CT molecular complexity index is 864. The number of hydrogen-bond donors (Lipinski definition) is 1. The number of imide groups is 1. The first-order chi connectivity index (χ1) is 12.0. The number of thioether (sulfide) groups is 1. The molecule has 0 aromatic heterocycles. The molecule has 1 aliphatic heterocycles. The van der Waals surface area contributed by atoms with Crippen LogP contribution in [0.2, 0.25) is 5.02 Å². The molecule has 0 radical (unpaired) electrons. The quantitative estimate of drug-likeness (QED) is 0.785. The largest absolute Gasteiger partial charge is 0.504 e. The second kappa shape index (κ2) is 7.21. The Kier molecular flexibility index (Phi) is 5.01.